The molecule has 0 N–H and O–H groups in total. The van der Waals surface area contributed by atoms with Crippen LogP contribution in [0.4, 0.5) is 0 Å². The fraction of sp³-hybridized carbons (Fsp3) is 0.250. The molecule has 0 unspecified atom stereocenters. The largest absolute Gasteiger partial charge is 0.256 e. The molecule has 0 bridgehead atoms. The minimum Gasteiger partial charge on any atom is -0.256 e. The van der Waals surface area contributed by atoms with Gasteiger partial charge in [0.2, 0.25) is 0 Å². The second kappa shape index (κ2) is 2.15. The number of rotatable bonds is 0. The Balaban J connectivity index is 2.82. The molecule has 3 nitrogen and oxygen atoms in total. The Bertz CT molecular complexity index is 177. The zero-order valence-corrected chi connectivity index (χ0v) is 6.73. The van der Waals surface area contributed by atoms with Gasteiger partial charge in [-0.15, -0.1) is 5.10 Å². The van der Waals surface area contributed by atoms with Crippen molar-refractivity contribution in [3.8, 4) is 0 Å². The first kappa shape index (κ1) is 6.82. The van der Waals surface area contributed by atoms with Crippen molar-refractivity contribution in [2.45, 2.75) is 6.92 Å². The number of hydrogen-bond acceptors (Lipinski definition) is 5. The number of amidine groups is 1. The fourth-order valence-electron chi connectivity index (χ4n) is 0.509. The second-order valence-corrected chi connectivity index (χ2v) is 2.44. The quantitative estimate of drug-likeness (QED) is 0.518. The van der Waals surface area contributed by atoms with Gasteiger partial charge < -0.3 is 0 Å². The summed E-state index contributed by atoms with van der Waals surface area (Å²) in [7, 11) is 0. The summed E-state index contributed by atoms with van der Waals surface area (Å²) >= 11 is 8.02. The molecule has 9 heavy (non-hydrogen) atoms. The van der Waals surface area contributed by atoms with Crippen molar-refractivity contribution in [3.05, 3.63) is 12.4 Å². The Hall–Kier alpha value is -0.290. The molecule has 50 valence electrons. The van der Waals surface area contributed by atoms with Crippen molar-refractivity contribution in [3.63, 3.8) is 0 Å². The van der Waals surface area contributed by atoms with Crippen LogP contribution in [0.5, 0.6) is 0 Å². The molecular weight excluding hydrogens is 154 g/mol. The highest BCUT2D eigenvalue weighted by atomic mass is 32.1. The normalized spacial score (nSPS) is 19.0. The van der Waals surface area contributed by atoms with Gasteiger partial charge >= 0.3 is 0 Å². The molecule has 0 aromatic rings. The average molecular weight is 161 g/mol. The zero-order valence-electron chi connectivity index (χ0n) is 4.94. The summed E-state index contributed by atoms with van der Waals surface area (Å²) in [6.07, 6.45) is 0. The van der Waals surface area contributed by atoms with Crippen molar-refractivity contribution in [1.29, 1.82) is 0 Å². The predicted molar refractivity (Wildman–Crippen MR) is 43.9 cm³/mol. The fourth-order valence-corrected chi connectivity index (χ4v) is 0.923. The van der Waals surface area contributed by atoms with E-state index in [0.717, 1.165) is 5.84 Å². The lowest BCUT2D eigenvalue weighted by Gasteiger charge is -2.10. The van der Waals surface area contributed by atoms with Crippen LogP contribution in [0.3, 0.4) is 0 Å². The minimum absolute atomic E-state index is 0.652. The van der Waals surface area contributed by atoms with Gasteiger partial charge in [-0.1, -0.05) is 19.4 Å². The first-order valence-corrected chi connectivity index (χ1v) is 3.15. The monoisotopic (exact) mass is 161 g/mol. The van der Waals surface area contributed by atoms with Gasteiger partial charge in [0.1, 0.15) is 11.7 Å². The third-order valence-corrected chi connectivity index (χ3v) is 1.86. The highest BCUT2D eigenvalue weighted by Gasteiger charge is 2.18. The number of hydrogen-bond donors (Lipinski definition) is 2. The van der Waals surface area contributed by atoms with Crippen LogP contribution in [0.15, 0.2) is 17.5 Å². The van der Waals surface area contributed by atoms with Crippen molar-refractivity contribution in [1.82, 2.24) is 8.72 Å². The Morgan fingerprint density at radius 3 is 2.22 bits per heavy atom. The zero-order chi connectivity index (χ0) is 7.02. The maximum atomic E-state index is 4.05. The first-order chi connectivity index (χ1) is 4.13. The molecule has 0 fully saturated rings. The molecular formula is C4H7N3S2. The summed E-state index contributed by atoms with van der Waals surface area (Å²) in [4.78, 5) is 0. The van der Waals surface area contributed by atoms with Crippen LogP contribution in [-0.4, -0.2) is 14.6 Å². The van der Waals surface area contributed by atoms with Crippen molar-refractivity contribution in [2.75, 3.05) is 0 Å². The van der Waals surface area contributed by atoms with E-state index >= 15 is 0 Å². The lowest BCUT2D eigenvalue weighted by Crippen LogP contribution is -2.12. The van der Waals surface area contributed by atoms with Gasteiger partial charge in [0.05, 0.1) is 0 Å². The lowest BCUT2D eigenvalue weighted by molar-refractivity contribution is 0.599. The van der Waals surface area contributed by atoms with Gasteiger partial charge in [-0.05, 0) is 19.7 Å². The first-order valence-electron chi connectivity index (χ1n) is 2.35. The maximum absolute atomic E-state index is 4.05. The van der Waals surface area contributed by atoms with Crippen LogP contribution in [0.2, 0.25) is 0 Å². The van der Waals surface area contributed by atoms with Gasteiger partial charge in [-0.2, -0.15) is 4.41 Å². The minimum atomic E-state index is 0.652. The summed E-state index contributed by atoms with van der Waals surface area (Å²) in [5, 5.41) is 3.92. The molecule has 0 radical (unpaired) electrons. The topological polar surface area (TPSA) is 18.8 Å². The van der Waals surface area contributed by atoms with Crippen LogP contribution in [0.1, 0.15) is 6.92 Å². The van der Waals surface area contributed by atoms with Gasteiger partial charge in [0.25, 0.3) is 0 Å². The molecule has 0 saturated heterocycles. The summed E-state index contributed by atoms with van der Waals surface area (Å²) in [5.74, 6) is 1.43. The van der Waals surface area contributed by atoms with Gasteiger partial charge in [-0.3, -0.25) is 4.31 Å². The molecule has 1 heterocycles. The SMILES string of the molecule is C=C1N(S)N=C(C)N1S. The third kappa shape index (κ3) is 1.02. The molecule has 1 aliphatic heterocycles. The van der Waals surface area contributed by atoms with E-state index in [9.17, 15) is 0 Å². The summed E-state index contributed by atoms with van der Waals surface area (Å²) < 4.78 is 2.94. The number of hydrazone groups is 1. The molecule has 0 spiro atoms. The third-order valence-electron chi connectivity index (χ3n) is 1.02. The van der Waals surface area contributed by atoms with Gasteiger partial charge in [0, 0.05) is 0 Å². The number of thiol groups is 2. The van der Waals surface area contributed by atoms with Crippen LogP contribution >= 0.6 is 25.6 Å². The van der Waals surface area contributed by atoms with Crippen LogP contribution in [-0.2, 0) is 0 Å². The molecule has 1 aliphatic rings. The van der Waals surface area contributed by atoms with Crippen molar-refractivity contribution >= 4 is 31.5 Å². The van der Waals surface area contributed by atoms with E-state index in [2.05, 4.69) is 37.3 Å². The summed E-state index contributed by atoms with van der Waals surface area (Å²) in [6, 6.07) is 0. The van der Waals surface area contributed by atoms with E-state index in [1.54, 1.807) is 4.31 Å². The van der Waals surface area contributed by atoms with Crippen molar-refractivity contribution < 1.29 is 0 Å². The lowest BCUT2D eigenvalue weighted by atomic mass is 10.7. The molecule has 1 rings (SSSR count). The van der Waals surface area contributed by atoms with Crippen LogP contribution < -0.4 is 0 Å². The summed E-state index contributed by atoms with van der Waals surface area (Å²) in [6.45, 7) is 5.48. The van der Waals surface area contributed by atoms with Crippen LogP contribution in [0, 0.1) is 0 Å². The van der Waals surface area contributed by atoms with E-state index in [4.69, 9.17) is 0 Å². The smallest absolute Gasteiger partial charge is 0.145 e. The van der Waals surface area contributed by atoms with Crippen LogP contribution in [0.25, 0.3) is 0 Å². The average Bonchev–Trinajstić information content (AvgIpc) is 1.98. The van der Waals surface area contributed by atoms with E-state index < -0.39 is 0 Å². The summed E-state index contributed by atoms with van der Waals surface area (Å²) in [5.41, 5.74) is 0. The van der Waals surface area contributed by atoms with Crippen molar-refractivity contribution in [2.24, 2.45) is 5.10 Å². The molecule has 0 aliphatic carbocycles. The predicted octanol–water partition coefficient (Wildman–Crippen LogP) is 1.10. The van der Waals surface area contributed by atoms with E-state index in [1.807, 2.05) is 6.92 Å². The highest BCUT2D eigenvalue weighted by Crippen LogP contribution is 2.21. The molecule has 0 aromatic heterocycles. The Morgan fingerprint density at radius 2 is 2.11 bits per heavy atom. The molecule has 5 heteroatoms. The molecule has 0 saturated carbocycles. The Kier molecular flexibility index (Phi) is 1.63. The van der Waals surface area contributed by atoms with Gasteiger partial charge in [0.15, 0.2) is 0 Å². The van der Waals surface area contributed by atoms with E-state index in [0.29, 0.717) is 5.82 Å². The van der Waals surface area contributed by atoms with E-state index in [-0.39, 0.29) is 0 Å². The van der Waals surface area contributed by atoms with Gasteiger partial charge in [-0.25, -0.2) is 0 Å². The Labute approximate surface area is 65.1 Å². The van der Waals surface area contributed by atoms with E-state index in [1.165, 1.54) is 4.41 Å². The molecule has 0 aromatic carbocycles. The molecule has 0 atom stereocenters. The highest BCUT2D eigenvalue weighted by molar-refractivity contribution is 7.79. The second-order valence-electron chi connectivity index (χ2n) is 1.66. The molecule has 0 amide bonds. The Morgan fingerprint density at radius 1 is 1.56 bits per heavy atom. The maximum Gasteiger partial charge on any atom is 0.145 e. The standard InChI is InChI=1S/C4H7N3S2/c1-3-5-7(9)4(2)6(3)8/h8-9H,2H2,1H3. The number of nitrogens with zero attached hydrogens (tertiary/aromatic N) is 3.